The average molecular weight is 615 g/mol. The van der Waals surface area contributed by atoms with Crippen molar-refractivity contribution in [1.82, 2.24) is 10.2 Å². The standard InChI is InChI=1S/C36H42N2O5S/c1-22-23(2)33-31(24(3)32(22)42-20-26-10-7-6-8-11-26)29(36(4,5)43-33)19-38-17-9-12-27(38)21-41-28-15-13-25(14-16-28)18-30-34(39)37-35(40)44-30/h6-8,10-11,13-16,27,29-30H,9,12,17-21H2,1-5H3,(H,37,39,40)/t27-,29-,30?/m0/s1. The van der Waals surface area contributed by atoms with Crippen molar-refractivity contribution >= 4 is 22.9 Å². The quantitative estimate of drug-likeness (QED) is 0.267. The van der Waals surface area contributed by atoms with Crippen LogP contribution in [0.4, 0.5) is 4.79 Å². The number of carbonyl (C=O) groups excluding carboxylic acids is 2. The van der Waals surface area contributed by atoms with Crippen LogP contribution in [-0.4, -0.2) is 52.6 Å². The van der Waals surface area contributed by atoms with Crippen molar-refractivity contribution in [2.75, 3.05) is 19.7 Å². The Hall–Kier alpha value is -3.49. The van der Waals surface area contributed by atoms with Crippen molar-refractivity contribution in [1.29, 1.82) is 0 Å². The maximum atomic E-state index is 11.9. The lowest BCUT2D eigenvalue weighted by Gasteiger charge is -2.33. The largest absolute Gasteiger partial charge is 0.492 e. The maximum Gasteiger partial charge on any atom is 0.286 e. The number of carbonyl (C=O) groups is 2. The molecule has 6 rings (SSSR count). The predicted molar refractivity (Wildman–Crippen MR) is 174 cm³/mol. The second kappa shape index (κ2) is 12.5. The van der Waals surface area contributed by atoms with Crippen LogP contribution in [-0.2, 0) is 17.8 Å². The molecule has 3 aromatic carbocycles. The van der Waals surface area contributed by atoms with Gasteiger partial charge in [-0.05, 0) is 100 Å². The molecule has 0 bridgehead atoms. The predicted octanol–water partition coefficient (Wildman–Crippen LogP) is 6.88. The van der Waals surface area contributed by atoms with Gasteiger partial charge < -0.3 is 14.2 Å². The molecule has 44 heavy (non-hydrogen) atoms. The zero-order valence-corrected chi connectivity index (χ0v) is 27.1. The van der Waals surface area contributed by atoms with Gasteiger partial charge in [-0.1, -0.05) is 54.2 Å². The summed E-state index contributed by atoms with van der Waals surface area (Å²) in [6, 6.07) is 18.5. The summed E-state index contributed by atoms with van der Waals surface area (Å²) in [7, 11) is 0. The summed E-state index contributed by atoms with van der Waals surface area (Å²) in [5, 5.41) is 1.72. The first-order valence-electron chi connectivity index (χ1n) is 15.6. The molecule has 232 valence electrons. The maximum absolute atomic E-state index is 11.9. The Morgan fingerprint density at radius 3 is 2.41 bits per heavy atom. The fourth-order valence-electron chi connectivity index (χ4n) is 6.82. The Morgan fingerprint density at radius 2 is 1.70 bits per heavy atom. The van der Waals surface area contributed by atoms with E-state index in [0.717, 1.165) is 77.2 Å². The SMILES string of the molecule is Cc1c(C)c2c(c(C)c1OCc1ccccc1)[C@H](CN1CCC[C@H]1COc1ccc(CC3SC(=O)NC3=O)cc1)C(C)(C)O2. The Balaban J connectivity index is 1.13. The van der Waals surface area contributed by atoms with Crippen LogP contribution in [0.2, 0.25) is 0 Å². The minimum absolute atomic E-state index is 0.202. The highest BCUT2D eigenvalue weighted by atomic mass is 32.2. The highest BCUT2D eigenvalue weighted by Gasteiger charge is 2.46. The summed E-state index contributed by atoms with van der Waals surface area (Å²) in [6.45, 7) is 14.0. The first-order valence-corrected chi connectivity index (χ1v) is 16.5. The first kappa shape index (κ1) is 30.5. The van der Waals surface area contributed by atoms with Gasteiger partial charge in [-0.25, -0.2) is 0 Å². The van der Waals surface area contributed by atoms with Gasteiger partial charge >= 0.3 is 0 Å². The van der Waals surface area contributed by atoms with Crippen molar-refractivity contribution in [3.05, 3.63) is 88.0 Å². The summed E-state index contributed by atoms with van der Waals surface area (Å²) in [4.78, 5) is 26.0. The smallest absolute Gasteiger partial charge is 0.286 e. The van der Waals surface area contributed by atoms with Crippen LogP contribution in [0.15, 0.2) is 54.6 Å². The van der Waals surface area contributed by atoms with Gasteiger partial charge in [-0.3, -0.25) is 19.8 Å². The first-order chi connectivity index (χ1) is 21.1. The molecule has 2 fully saturated rings. The van der Waals surface area contributed by atoms with Crippen molar-refractivity contribution < 1.29 is 23.8 Å². The lowest BCUT2D eigenvalue weighted by atomic mass is 9.82. The number of amides is 2. The number of imide groups is 1. The summed E-state index contributed by atoms with van der Waals surface area (Å²) >= 11 is 1.06. The van der Waals surface area contributed by atoms with E-state index in [4.69, 9.17) is 14.2 Å². The second-order valence-corrected chi connectivity index (χ2v) is 14.0. The van der Waals surface area contributed by atoms with Crippen molar-refractivity contribution in [2.24, 2.45) is 0 Å². The number of rotatable bonds is 10. The number of ether oxygens (including phenoxy) is 3. The molecule has 0 aromatic heterocycles. The second-order valence-electron chi connectivity index (χ2n) is 12.8. The molecule has 7 nitrogen and oxygen atoms in total. The van der Waals surface area contributed by atoms with Crippen molar-refractivity contribution in [2.45, 2.75) is 83.3 Å². The molecule has 3 atom stereocenters. The normalized spacial score (nSPS) is 22.5. The summed E-state index contributed by atoms with van der Waals surface area (Å²) in [5.74, 6) is 2.80. The van der Waals surface area contributed by atoms with E-state index >= 15 is 0 Å². The molecule has 2 saturated heterocycles. The Morgan fingerprint density at radius 1 is 0.955 bits per heavy atom. The van der Waals surface area contributed by atoms with E-state index in [2.05, 4.69) is 57.0 Å². The molecule has 0 radical (unpaired) electrons. The highest BCUT2D eigenvalue weighted by Crippen LogP contribution is 2.52. The highest BCUT2D eigenvalue weighted by molar-refractivity contribution is 8.15. The van der Waals surface area contributed by atoms with E-state index in [9.17, 15) is 9.59 Å². The molecule has 0 saturated carbocycles. The zero-order chi connectivity index (χ0) is 31.0. The molecular formula is C36H42N2O5S. The van der Waals surface area contributed by atoms with Crippen molar-refractivity contribution in [3.8, 4) is 17.2 Å². The minimum atomic E-state index is -0.363. The number of hydrogen-bond acceptors (Lipinski definition) is 7. The number of benzene rings is 3. The summed E-state index contributed by atoms with van der Waals surface area (Å²) in [6.07, 6.45) is 2.76. The molecule has 1 unspecified atom stereocenters. The van der Waals surface area contributed by atoms with Crippen LogP contribution in [0.3, 0.4) is 0 Å². The van der Waals surface area contributed by atoms with Gasteiger partial charge in [-0.15, -0.1) is 0 Å². The number of nitrogens with zero attached hydrogens (tertiary/aromatic N) is 1. The molecule has 0 aliphatic carbocycles. The van der Waals surface area contributed by atoms with E-state index < -0.39 is 0 Å². The third-order valence-corrected chi connectivity index (χ3v) is 10.5. The van der Waals surface area contributed by atoms with E-state index in [1.807, 2.05) is 42.5 Å². The molecule has 2 amide bonds. The number of hydrogen-bond donors (Lipinski definition) is 1. The van der Waals surface area contributed by atoms with E-state index in [-0.39, 0.29) is 27.9 Å². The van der Waals surface area contributed by atoms with E-state index in [1.54, 1.807) is 0 Å². The lowest BCUT2D eigenvalue weighted by Crippen LogP contribution is -2.42. The van der Waals surface area contributed by atoms with Gasteiger partial charge in [0.05, 0.1) is 5.25 Å². The van der Waals surface area contributed by atoms with Gasteiger partial charge in [0.1, 0.15) is 36.1 Å². The minimum Gasteiger partial charge on any atom is -0.492 e. The van der Waals surface area contributed by atoms with Crippen LogP contribution in [0, 0.1) is 20.8 Å². The van der Waals surface area contributed by atoms with Gasteiger partial charge in [0, 0.05) is 24.1 Å². The summed E-state index contributed by atoms with van der Waals surface area (Å²) in [5.41, 5.74) is 6.59. The molecule has 3 heterocycles. The van der Waals surface area contributed by atoms with Crippen LogP contribution in [0.1, 0.15) is 66.0 Å². The Kier molecular flexibility index (Phi) is 8.66. The third-order valence-electron chi connectivity index (χ3n) is 9.48. The fraction of sp³-hybridized carbons (Fsp3) is 0.444. The number of thioether (sulfide) groups is 1. The van der Waals surface area contributed by atoms with Gasteiger partial charge in [0.2, 0.25) is 5.91 Å². The van der Waals surface area contributed by atoms with Gasteiger partial charge in [0.25, 0.3) is 5.24 Å². The third kappa shape index (κ3) is 6.20. The van der Waals surface area contributed by atoms with E-state index in [1.165, 1.54) is 11.1 Å². The lowest BCUT2D eigenvalue weighted by molar-refractivity contribution is -0.118. The Bertz CT molecular complexity index is 1540. The number of likely N-dealkylation sites (tertiary alicyclic amines) is 1. The van der Waals surface area contributed by atoms with Gasteiger partial charge in [0.15, 0.2) is 0 Å². The molecule has 3 aliphatic rings. The molecule has 3 aliphatic heterocycles. The Labute approximate surface area is 264 Å². The fourth-order valence-corrected chi connectivity index (χ4v) is 7.68. The van der Waals surface area contributed by atoms with Crippen LogP contribution in [0.5, 0.6) is 17.2 Å². The monoisotopic (exact) mass is 614 g/mol. The molecule has 8 heteroatoms. The van der Waals surface area contributed by atoms with E-state index in [0.29, 0.717) is 25.7 Å². The number of fused-ring (bicyclic) bond motifs is 1. The van der Waals surface area contributed by atoms with Crippen LogP contribution >= 0.6 is 11.8 Å². The molecular weight excluding hydrogens is 572 g/mol. The molecule has 0 spiro atoms. The van der Waals surface area contributed by atoms with Crippen molar-refractivity contribution in [3.63, 3.8) is 0 Å². The molecule has 1 N–H and O–H groups in total. The zero-order valence-electron chi connectivity index (χ0n) is 26.3. The van der Waals surface area contributed by atoms with Crippen LogP contribution < -0.4 is 19.5 Å². The average Bonchev–Trinajstić information content (AvgIpc) is 3.66. The summed E-state index contributed by atoms with van der Waals surface area (Å²) < 4.78 is 19.5. The van der Waals surface area contributed by atoms with Crippen LogP contribution in [0.25, 0.3) is 0 Å². The number of nitrogens with one attached hydrogen (secondary N) is 1. The topological polar surface area (TPSA) is 77.1 Å². The van der Waals surface area contributed by atoms with Gasteiger partial charge in [-0.2, -0.15) is 0 Å². The molecule has 3 aromatic rings.